The van der Waals surface area contributed by atoms with Gasteiger partial charge in [0.2, 0.25) is 0 Å². The van der Waals surface area contributed by atoms with Crippen LogP contribution in [0.15, 0.2) is 47.5 Å². The van der Waals surface area contributed by atoms with Gasteiger partial charge in [0.05, 0.1) is 13.0 Å². The molecule has 0 saturated heterocycles. The largest absolute Gasteiger partial charge is 0.353 e. The summed E-state index contributed by atoms with van der Waals surface area (Å²) in [5, 5.41) is 2.55. The SMILES string of the molecule is CN1C=NC(c2ccc3ccccc3c2)N(C)C1. The van der Waals surface area contributed by atoms with Crippen molar-refractivity contribution < 1.29 is 0 Å². The molecule has 0 amide bonds. The van der Waals surface area contributed by atoms with E-state index in [1.165, 1.54) is 16.3 Å². The highest BCUT2D eigenvalue weighted by atomic mass is 15.4. The summed E-state index contributed by atoms with van der Waals surface area (Å²) in [4.78, 5) is 8.92. The van der Waals surface area contributed by atoms with Crippen LogP contribution in [0.25, 0.3) is 10.8 Å². The molecule has 0 aliphatic carbocycles. The molecular weight excluding hydrogens is 222 g/mol. The van der Waals surface area contributed by atoms with E-state index in [4.69, 9.17) is 0 Å². The lowest BCUT2D eigenvalue weighted by Crippen LogP contribution is -2.38. The number of hydrogen-bond acceptors (Lipinski definition) is 3. The molecule has 0 radical (unpaired) electrons. The molecule has 0 N–H and O–H groups in total. The van der Waals surface area contributed by atoms with Gasteiger partial charge in [0.1, 0.15) is 6.17 Å². The molecule has 1 atom stereocenters. The average Bonchev–Trinajstić information content (AvgIpc) is 2.38. The number of fused-ring (bicyclic) bond motifs is 1. The Bertz CT molecular complexity index is 591. The molecule has 1 unspecified atom stereocenters. The number of benzene rings is 2. The lowest BCUT2D eigenvalue weighted by Gasteiger charge is -2.33. The third-order valence-corrected chi connectivity index (χ3v) is 3.34. The molecular formula is C15H17N3. The maximum Gasteiger partial charge on any atom is 0.130 e. The fourth-order valence-electron chi connectivity index (χ4n) is 2.47. The van der Waals surface area contributed by atoms with Crippen molar-refractivity contribution >= 4 is 17.1 Å². The minimum absolute atomic E-state index is 0.130. The number of aliphatic imine (C=N–C) groups is 1. The molecule has 92 valence electrons. The standard InChI is InChI=1S/C15H17N3/c1-17-10-16-15(18(2)11-17)14-8-7-12-5-3-4-6-13(12)9-14/h3-10,15H,11H2,1-2H3. The van der Waals surface area contributed by atoms with Crippen LogP contribution in [0.2, 0.25) is 0 Å². The molecule has 1 heterocycles. The fraction of sp³-hybridized carbons (Fsp3) is 0.267. The number of rotatable bonds is 1. The van der Waals surface area contributed by atoms with Crippen LogP contribution >= 0.6 is 0 Å². The second kappa shape index (κ2) is 4.42. The van der Waals surface area contributed by atoms with E-state index in [1.54, 1.807) is 0 Å². The molecule has 0 bridgehead atoms. The minimum Gasteiger partial charge on any atom is -0.353 e. The van der Waals surface area contributed by atoms with Crippen LogP contribution in [-0.2, 0) is 0 Å². The monoisotopic (exact) mass is 239 g/mol. The van der Waals surface area contributed by atoms with Crippen molar-refractivity contribution in [3.63, 3.8) is 0 Å². The topological polar surface area (TPSA) is 18.8 Å². The second-order valence-corrected chi connectivity index (χ2v) is 4.90. The van der Waals surface area contributed by atoms with E-state index in [0.29, 0.717) is 0 Å². The van der Waals surface area contributed by atoms with Crippen molar-refractivity contribution in [1.82, 2.24) is 9.80 Å². The first-order valence-electron chi connectivity index (χ1n) is 6.16. The Labute approximate surface area is 107 Å². The lowest BCUT2D eigenvalue weighted by atomic mass is 10.0. The zero-order valence-corrected chi connectivity index (χ0v) is 10.7. The molecule has 2 aromatic rings. The van der Waals surface area contributed by atoms with E-state index in [-0.39, 0.29) is 6.17 Å². The Morgan fingerprint density at radius 1 is 1.06 bits per heavy atom. The quantitative estimate of drug-likeness (QED) is 0.762. The van der Waals surface area contributed by atoms with Crippen LogP contribution in [0.5, 0.6) is 0 Å². The van der Waals surface area contributed by atoms with E-state index in [1.807, 2.05) is 13.4 Å². The van der Waals surface area contributed by atoms with Gasteiger partial charge < -0.3 is 4.90 Å². The molecule has 0 fully saturated rings. The van der Waals surface area contributed by atoms with Crippen molar-refractivity contribution in [2.24, 2.45) is 4.99 Å². The summed E-state index contributed by atoms with van der Waals surface area (Å²) in [5.41, 5.74) is 1.25. The van der Waals surface area contributed by atoms with Gasteiger partial charge in [-0.1, -0.05) is 36.4 Å². The lowest BCUT2D eigenvalue weighted by molar-refractivity contribution is 0.170. The van der Waals surface area contributed by atoms with Crippen molar-refractivity contribution in [2.45, 2.75) is 6.17 Å². The average molecular weight is 239 g/mol. The first-order chi connectivity index (χ1) is 8.74. The Kier molecular flexibility index (Phi) is 2.76. The number of hydrogen-bond donors (Lipinski definition) is 0. The molecule has 2 aromatic carbocycles. The third-order valence-electron chi connectivity index (χ3n) is 3.34. The highest BCUT2D eigenvalue weighted by Gasteiger charge is 2.19. The molecule has 3 heteroatoms. The smallest absolute Gasteiger partial charge is 0.130 e. The van der Waals surface area contributed by atoms with E-state index >= 15 is 0 Å². The Hall–Kier alpha value is -1.87. The summed E-state index contributed by atoms with van der Waals surface area (Å²) in [6.07, 6.45) is 2.05. The molecule has 1 aliphatic rings. The van der Waals surface area contributed by atoms with Gasteiger partial charge in [-0.2, -0.15) is 0 Å². The molecule has 3 rings (SSSR count). The maximum atomic E-state index is 4.60. The van der Waals surface area contributed by atoms with Gasteiger partial charge in [-0.05, 0) is 29.4 Å². The molecule has 0 aromatic heterocycles. The highest BCUT2D eigenvalue weighted by molar-refractivity contribution is 5.83. The predicted octanol–water partition coefficient (Wildman–Crippen LogP) is 2.70. The first-order valence-corrected chi connectivity index (χ1v) is 6.16. The van der Waals surface area contributed by atoms with Gasteiger partial charge in [-0.25, -0.2) is 0 Å². The van der Waals surface area contributed by atoms with Crippen molar-refractivity contribution in [3.05, 3.63) is 48.0 Å². The zero-order valence-electron chi connectivity index (χ0n) is 10.7. The molecule has 0 saturated carbocycles. The van der Waals surface area contributed by atoms with Crippen LogP contribution in [0.1, 0.15) is 11.7 Å². The van der Waals surface area contributed by atoms with Gasteiger partial charge in [-0.3, -0.25) is 9.89 Å². The second-order valence-electron chi connectivity index (χ2n) is 4.90. The van der Waals surface area contributed by atoms with Gasteiger partial charge in [0.25, 0.3) is 0 Å². The van der Waals surface area contributed by atoms with E-state index < -0.39 is 0 Å². The van der Waals surface area contributed by atoms with Crippen LogP contribution in [0, 0.1) is 0 Å². The summed E-state index contributed by atoms with van der Waals surface area (Å²) >= 11 is 0. The van der Waals surface area contributed by atoms with Crippen LogP contribution in [0.3, 0.4) is 0 Å². The van der Waals surface area contributed by atoms with Gasteiger partial charge >= 0.3 is 0 Å². The van der Waals surface area contributed by atoms with E-state index in [9.17, 15) is 0 Å². The maximum absolute atomic E-state index is 4.60. The van der Waals surface area contributed by atoms with E-state index in [2.05, 4.69) is 64.3 Å². The van der Waals surface area contributed by atoms with Crippen LogP contribution < -0.4 is 0 Å². The molecule has 0 spiro atoms. The van der Waals surface area contributed by atoms with Crippen molar-refractivity contribution in [2.75, 3.05) is 20.8 Å². The zero-order chi connectivity index (χ0) is 12.5. The molecule has 3 nitrogen and oxygen atoms in total. The molecule has 1 aliphatic heterocycles. The van der Waals surface area contributed by atoms with Gasteiger partial charge in [0, 0.05) is 7.05 Å². The normalized spacial score (nSPS) is 20.6. The summed E-state index contributed by atoms with van der Waals surface area (Å²) < 4.78 is 0. The van der Waals surface area contributed by atoms with Crippen molar-refractivity contribution in [3.8, 4) is 0 Å². The Balaban J connectivity index is 2.01. The third kappa shape index (κ3) is 1.97. The van der Waals surface area contributed by atoms with Crippen LogP contribution in [0.4, 0.5) is 0 Å². The minimum atomic E-state index is 0.130. The predicted molar refractivity (Wildman–Crippen MR) is 75.6 cm³/mol. The summed E-state index contributed by atoms with van der Waals surface area (Å²) in [6, 6.07) is 15.0. The fourth-order valence-corrected chi connectivity index (χ4v) is 2.47. The summed E-state index contributed by atoms with van der Waals surface area (Å²) in [7, 11) is 4.14. The molecule has 18 heavy (non-hydrogen) atoms. The Morgan fingerprint density at radius 3 is 2.61 bits per heavy atom. The Morgan fingerprint density at radius 2 is 1.83 bits per heavy atom. The summed E-state index contributed by atoms with van der Waals surface area (Å²) in [5.74, 6) is 0. The van der Waals surface area contributed by atoms with Gasteiger partial charge in [-0.15, -0.1) is 0 Å². The van der Waals surface area contributed by atoms with Gasteiger partial charge in [0.15, 0.2) is 0 Å². The van der Waals surface area contributed by atoms with Crippen LogP contribution in [-0.4, -0.2) is 36.9 Å². The van der Waals surface area contributed by atoms with Crippen molar-refractivity contribution in [1.29, 1.82) is 0 Å². The first kappa shape index (κ1) is 11.2. The van der Waals surface area contributed by atoms with E-state index in [0.717, 1.165) is 6.67 Å². The number of nitrogens with zero attached hydrogens (tertiary/aromatic N) is 3. The summed E-state index contributed by atoms with van der Waals surface area (Å²) in [6.45, 7) is 0.904. The highest BCUT2D eigenvalue weighted by Crippen LogP contribution is 2.26.